The monoisotopic (exact) mass is 155 g/mol. The Morgan fingerprint density at radius 2 is 1.91 bits per heavy atom. The van der Waals surface area contributed by atoms with E-state index >= 15 is 0 Å². The molecule has 6 heteroatoms. The van der Waals surface area contributed by atoms with Crippen molar-refractivity contribution in [3.63, 3.8) is 0 Å². The number of aliphatic imine (C=N–C) groups is 1. The molecule has 0 spiro atoms. The molecule has 0 atom stereocenters. The first kappa shape index (κ1) is 7.39. The summed E-state index contributed by atoms with van der Waals surface area (Å²) in [5.74, 6) is -0.666. The maximum atomic E-state index is 10.9. The van der Waals surface area contributed by atoms with Gasteiger partial charge in [0.1, 0.15) is 0 Å². The summed E-state index contributed by atoms with van der Waals surface area (Å²) in [5.41, 5.74) is 9.98. The third-order valence-electron chi connectivity index (χ3n) is 1.10. The van der Waals surface area contributed by atoms with E-state index < -0.39 is 12.1 Å². The lowest BCUT2D eigenvalue weighted by molar-refractivity contribution is -0.119. The van der Waals surface area contributed by atoms with Crippen LogP contribution in [0.1, 0.15) is 0 Å². The first-order valence-electron chi connectivity index (χ1n) is 3.01. The molecule has 1 heterocycles. The van der Waals surface area contributed by atoms with Crippen molar-refractivity contribution < 1.29 is 4.79 Å². The van der Waals surface area contributed by atoms with Crippen molar-refractivity contribution in [2.24, 2.45) is 16.5 Å². The number of hydrogen-bond donors (Lipinski definition) is 4. The van der Waals surface area contributed by atoms with Crippen LogP contribution in [-0.2, 0) is 4.79 Å². The minimum Gasteiger partial charge on any atom is -0.370 e. The van der Waals surface area contributed by atoms with Gasteiger partial charge in [0, 0.05) is 12.4 Å². The van der Waals surface area contributed by atoms with E-state index in [0.29, 0.717) is 0 Å². The van der Waals surface area contributed by atoms with E-state index in [1.807, 2.05) is 0 Å². The number of hydrogen-bond acceptors (Lipinski definition) is 3. The fraction of sp³-hybridized carbons (Fsp3) is 0.200. The zero-order chi connectivity index (χ0) is 8.27. The van der Waals surface area contributed by atoms with Crippen LogP contribution in [0.25, 0.3) is 0 Å². The molecule has 6 nitrogen and oxygen atoms in total. The summed E-state index contributed by atoms with van der Waals surface area (Å²) in [5, 5.41) is 5.40. The molecule has 0 radical (unpaired) electrons. The Kier molecular flexibility index (Phi) is 1.95. The molecular weight excluding hydrogens is 146 g/mol. The average Bonchev–Trinajstić information content (AvgIpc) is 2.35. The summed E-state index contributed by atoms with van der Waals surface area (Å²) < 4.78 is 0. The number of carbonyl (C=O) groups is 1. The normalized spacial score (nSPS) is 15.3. The Morgan fingerprint density at radius 3 is 2.36 bits per heavy atom. The van der Waals surface area contributed by atoms with Gasteiger partial charge in [-0.05, 0) is 0 Å². The highest BCUT2D eigenvalue weighted by Crippen LogP contribution is 1.89. The van der Waals surface area contributed by atoms with Crippen LogP contribution >= 0.6 is 0 Å². The van der Waals surface area contributed by atoms with E-state index in [0.717, 1.165) is 0 Å². The van der Waals surface area contributed by atoms with Crippen LogP contribution in [0.15, 0.2) is 17.4 Å². The van der Waals surface area contributed by atoms with E-state index in [1.165, 1.54) is 0 Å². The zero-order valence-corrected chi connectivity index (χ0v) is 5.74. The van der Waals surface area contributed by atoms with Gasteiger partial charge in [-0.3, -0.25) is 4.79 Å². The van der Waals surface area contributed by atoms with Gasteiger partial charge < -0.3 is 22.1 Å². The van der Waals surface area contributed by atoms with E-state index in [-0.39, 0.29) is 5.96 Å². The van der Waals surface area contributed by atoms with Crippen molar-refractivity contribution in [2.45, 2.75) is 6.17 Å². The number of amides is 1. The molecule has 0 aromatic carbocycles. The summed E-state index contributed by atoms with van der Waals surface area (Å²) in [6, 6.07) is 0. The maximum absolute atomic E-state index is 10.9. The highest BCUT2D eigenvalue weighted by molar-refractivity contribution is 5.94. The molecule has 1 amide bonds. The first-order chi connectivity index (χ1) is 5.20. The highest BCUT2D eigenvalue weighted by atomic mass is 16.2. The van der Waals surface area contributed by atoms with E-state index in [4.69, 9.17) is 11.5 Å². The van der Waals surface area contributed by atoms with Crippen molar-refractivity contribution in [3.8, 4) is 0 Å². The van der Waals surface area contributed by atoms with Crippen molar-refractivity contribution >= 4 is 11.9 Å². The molecule has 1 rings (SSSR count). The van der Waals surface area contributed by atoms with Crippen LogP contribution in [0.5, 0.6) is 0 Å². The van der Waals surface area contributed by atoms with Crippen LogP contribution < -0.4 is 22.1 Å². The Labute approximate surface area is 63.3 Å². The molecule has 0 bridgehead atoms. The van der Waals surface area contributed by atoms with Crippen LogP contribution in [0.4, 0.5) is 0 Å². The fourth-order valence-corrected chi connectivity index (χ4v) is 0.671. The number of rotatable bonds is 1. The van der Waals surface area contributed by atoms with E-state index in [2.05, 4.69) is 15.6 Å². The predicted octanol–water partition coefficient (Wildman–Crippen LogP) is -2.22. The molecule has 0 aliphatic carbocycles. The van der Waals surface area contributed by atoms with Crippen molar-refractivity contribution in [3.05, 3.63) is 12.4 Å². The van der Waals surface area contributed by atoms with Crippen molar-refractivity contribution in [1.82, 2.24) is 10.6 Å². The van der Waals surface area contributed by atoms with Crippen LogP contribution in [0.2, 0.25) is 0 Å². The van der Waals surface area contributed by atoms with Gasteiger partial charge in [0.2, 0.25) is 0 Å². The molecule has 1 aliphatic heterocycles. The van der Waals surface area contributed by atoms with Crippen molar-refractivity contribution in [1.29, 1.82) is 0 Å². The van der Waals surface area contributed by atoms with Gasteiger partial charge in [0.15, 0.2) is 12.1 Å². The lowest BCUT2D eigenvalue weighted by Crippen LogP contribution is -2.40. The molecule has 0 aromatic rings. The Morgan fingerprint density at radius 1 is 1.36 bits per heavy atom. The van der Waals surface area contributed by atoms with E-state index in [1.54, 1.807) is 12.4 Å². The second-order valence-corrected chi connectivity index (χ2v) is 1.97. The van der Waals surface area contributed by atoms with Gasteiger partial charge in [0.25, 0.3) is 5.91 Å². The molecule has 0 aromatic heterocycles. The standard InChI is InChI=1S/C5H9N5O/c6-5(7)10-4(11)3-8-1-2-9-3/h1-3,8-9H,(H4,6,7,10,11). The summed E-state index contributed by atoms with van der Waals surface area (Å²) >= 11 is 0. The minimum absolute atomic E-state index is 0.231. The molecule has 1 aliphatic rings. The third-order valence-corrected chi connectivity index (χ3v) is 1.10. The average molecular weight is 155 g/mol. The molecule has 6 N–H and O–H groups in total. The van der Waals surface area contributed by atoms with Gasteiger partial charge in [-0.2, -0.15) is 4.99 Å². The molecular formula is C5H9N5O. The maximum Gasteiger partial charge on any atom is 0.291 e. The number of nitrogens with zero attached hydrogens (tertiary/aromatic N) is 1. The fourth-order valence-electron chi connectivity index (χ4n) is 0.671. The molecule has 0 unspecified atom stereocenters. The summed E-state index contributed by atoms with van der Waals surface area (Å²) in [7, 11) is 0. The quantitative estimate of drug-likeness (QED) is 0.253. The predicted molar refractivity (Wildman–Crippen MR) is 40.0 cm³/mol. The van der Waals surface area contributed by atoms with E-state index in [9.17, 15) is 4.79 Å². The SMILES string of the molecule is NC(N)=NC(=O)C1NC=CN1. The second-order valence-electron chi connectivity index (χ2n) is 1.97. The van der Waals surface area contributed by atoms with Crippen LogP contribution in [-0.4, -0.2) is 18.0 Å². The minimum atomic E-state index is -0.530. The number of nitrogens with one attached hydrogen (secondary N) is 2. The largest absolute Gasteiger partial charge is 0.370 e. The van der Waals surface area contributed by atoms with Gasteiger partial charge in [0.05, 0.1) is 0 Å². The highest BCUT2D eigenvalue weighted by Gasteiger charge is 2.16. The number of nitrogens with two attached hydrogens (primary N) is 2. The Hall–Kier alpha value is -1.72. The van der Waals surface area contributed by atoms with Gasteiger partial charge in [-0.15, -0.1) is 0 Å². The smallest absolute Gasteiger partial charge is 0.291 e. The number of carbonyl (C=O) groups excluding carboxylic acids is 1. The van der Waals surface area contributed by atoms with Crippen LogP contribution in [0.3, 0.4) is 0 Å². The molecule has 0 saturated heterocycles. The van der Waals surface area contributed by atoms with Gasteiger partial charge >= 0.3 is 0 Å². The summed E-state index contributed by atoms with van der Waals surface area (Å²) in [4.78, 5) is 14.3. The summed E-state index contributed by atoms with van der Waals surface area (Å²) in [6.07, 6.45) is 2.67. The third kappa shape index (κ3) is 1.85. The molecule has 0 fully saturated rings. The Balaban J connectivity index is 2.49. The first-order valence-corrected chi connectivity index (χ1v) is 3.01. The van der Waals surface area contributed by atoms with Crippen LogP contribution in [0, 0.1) is 0 Å². The molecule has 11 heavy (non-hydrogen) atoms. The lowest BCUT2D eigenvalue weighted by atomic mass is 10.5. The lowest BCUT2D eigenvalue weighted by Gasteiger charge is -2.05. The summed E-state index contributed by atoms with van der Waals surface area (Å²) in [6.45, 7) is 0. The van der Waals surface area contributed by atoms with Gasteiger partial charge in [-0.25, -0.2) is 0 Å². The van der Waals surface area contributed by atoms with Crippen molar-refractivity contribution in [2.75, 3.05) is 0 Å². The zero-order valence-electron chi connectivity index (χ0n) is 5.74. The number of guanidine groups is 1. The second kappa shape index (κ2) is 2.91. The Bertz CT molecular complexity index is 209. The molecule has 60 valence electrons. The molecule has 0 saturated carbocycles. The van der Waals surface area contributed by atoms with Gasteiger partial charge in [-0.1, -0.05) is 0 Å². The topological polar surface area (TPSA) is 106 Å².